The molecule has 4 rings (SSSR count). The highest BCUT2D eigenvalue weighted by Gasteiger charge is 2.44. The third-order valence-electron chi connectivity index (χ3n) is 6.04. The Morgan fingerprint density at radius 1 is 0.875 bits per heavy atom. The number of rotatable bonds is 6. The summed E-state index contributed by atoms with van der Waals surface area (Å²) in [6.07, 6.45) is -1.02. The zero-order valence-electron chi connectivity index (χ0n) is 17.4. The van der Waals surface area contributed by atoms with Crippen molar-refractivity contribution in [2.45, 2.75) is 51.2 Å². The Kier molecular flexibility index (Phi) is 6.25. The van der Waals surface area contributed by atoms with E-state index >= 15 is 0 Å². The van der Waals surface area contributed by atoms with E-state index < -0.39 is 46.6 Å². The van der Waals surface area contributed by atoms with E-state index in [1.165, 1.54) is 6.08 Å². The van der Waals surface area contributed by atoms with E-state index in [1.807, 2.05) is 6.92 Å². The van der Waals surface area contributed by atoms with Crippen LogP contribution < -0.4 is 4.74 Å². The van der Waals surface area contributed by atoms with Gasteiger partial charge in [0.25, 0.3) is 0 Å². The summed E-state index contributed by atoms with van der Waals surface area (Å²) >= 11 is 0. The Bertz CT molecular complexity index is 1020. The van der Waals surface area contributed by atoms with Crippen molar-refractivity contribution in [1.82, 2.24) is 0 Å². The fraction of sp³-hybridized carbons (Fsp3) is 0.417. The topological polar surface area (TPSA) is 18.5 Å². The van der Waals surface area contributed by atoms with Crippen LogP contribution in [-0.4, -0.2) is 18.8 Å². The second kappa shape index (κ2) is 8.81. The van der Waals surface area contributed by atoms with Crippen molar-refractivity contribution in [2.24, 2.45) is 5.92 Å². The first-order chi connectivity index (χ1) is 15.2. The smallest absolute Gasteiger partial charge is 0.400 e. The molecule has 0 heterocycles. The molecule has 1 saturated carbocycles. The molecular weight excluding hydrogens is 434 g/mol. The van der Waals surface area contributed by atoms with Gasteiger partial charge in [0, 0.05) is 24.3 Å². The van der Waals surface area contributed by atoms with E-state index in [9.17, 15) is 26.3 Å². The normalized spacial score (nSPS) is 20.8. The third-order valence-corrected chi connectivity index (χ3v) is 6.04. The van der Waals surface area contributed by atoms with Crippen LogP contribution in [0.25, 0.3) is 11.6 Å². The minimum Gasteiger partial charge on any atom is -0.432 e. The molecule has 2 nitrogen and oxygen atoms in total. The molecule has 32 heavy (non-hydrogen) atoms. The van der Waals surface area contributed by atoms with Gasteiger partial charge in [-0.3, -0.25) is 0 Å². The summed E-state index contributed by atoms with van der Waals surface area (Å²) in [7, 11) is 0. The second-order valence-electron chi connectivity index (χ2n) is 8.17. The molecule has 1 fully saturated rings. The molecule has 2 aliphatic carbocycles. The van der Waals surface area contributed by atoms with Crippen LogP contribution in [0.2, 0.25) is 0 Å². The summed E-state index contributed by atoms with van der Waals surface area (Å²) < 4.78 is 95.8. The predicted molar refractivity (Wildman–Crippen MR) is 107 cm³/mol. The number of allylic oxidation sites excluding steroid dienone is 1. The third kappa shape index (κ3) is 4.51. The highest BCUT2D eigenvalue weighted by atomic mass is 19.3. The lowest BCUT2D eigenvalue weighted by Gasteiger charge is -2.33. The lowest BCUT2D eigenvalue weighted by molar-refractivity contribution is -0.225. The summed E-state index contributed by atoms with van der Waals surface area (Å²) in [5.41, 5.74) is 0.418. The maximum atomic E-state index is 14.7. The first kappa shape index (κ1) is 22.7. The Labute approximate surface area is 181 Å². The highest BCUT2D eigenvalue weighted by molar-refractivity contribution is 5.89. The molecule has 0 atom stereocenters. The quantitative estimate of drug-likeness (QED) is 0.440. The highest BCUT2D eigenvalue weighted by Crippen LogP contribution is 2.41. The van der Waals surface area contributed by atoms with E-state index in [1.54, 1.807) is 0 Å². The van der Waals surface area contributed by atoms with Crippen LogP contribution in [0.3, 0.4) is 0 Å². The molecular formula is C24H22F6O2. The Balaban J connectivity index is 1.50. The summed E-state index contributed by atoms with van der Waals surface area (Å²) in [6.45, 7) is 2.35. The van der Waals surface area contributed by atoms with Gasteiger partial charge in [-0.25, -0.2) is 17.6 Å². The molecule has 172 valence electrons. The van der Waals surface area contributed by atoms with Gasteiger partial charge in [0.05, 0.1) is 12.0 Å². The molecule has 0 spiro atoms. The van der Waals surface area contributed by atoms with Crippen molar-refractivity contribution in [3.05, 3.63) is 64.2 Å². The van der Waals surface area contributed by atoms with Crippen LogP contribution >= 0.6 is 0 Å². The lowest BCUT2D eigenvalue weighted by atomic mass is 9.86. The zero-order valence-corrected chi connectivity index (χ0v) is 17.4. The number of hydrogen-bond acceptors (Lipinski definition) is 2. The molecule has 8 heteroatoms. The Morgan fingerprint density at radius 2 is 1.50 bits per heavy atom. The van der Waals surface area contributed by atoms with Gasteiger partial charge in [-0.2, -0.15) is 8.78 Å². The first-order valence-corrected chi connectivity index (χ1v) is 10.5. The molecule has 0 radical (unpaired) electrons. The van der Waals surface area contributed by atoms with Gasteiger partial charge in [-0.05, 0) is 67.9 Å². The molecule has 0 saturated heterocycles. The fourth-order valence-corrected chi connectivity index (χ4v) is 4.45. The standard InChI is InChI=1S/C24H22F6O2/c1-2-31-17-5-3-16(4-6-17)24(29,30)32-18-11-21(27)23(22(28)12-18)15-7-13-9-19(25)20(26)10-14(13)8-15/h7,9-12,16-17H,2-6,8H2,1H3. The van der Waals surface area contributed by atoms with E-state index in [0.717, 1.165) is 12.1 Å². The van der Waals surface area contributed by atoms with Gasteiger partial charge in [-0.15, -0.1) is 0 Å². The van der Waals surface area contributed by atoms with Gasteiger partial charge in [-0.1, -0.05) is 6.08 Å². The minimum atomic E-state index is -3.59. The largest absolute Gasteiger partial charge is 0.432 e. The van der Waals surface area contributed by atoms with Crippen LogP contribution in [0.15, 0.2) is 24.3 Å². The van der Waals surface area contributed by atoms with Crippen molar-refractivity contribution >= 4 is 11.6 Å². The number of alkyl halides is 2. The Morgan fingerprint density at radius 3 is 2.12 bits per heavy atom. The van der Waals surface area contributed by atoms with E-state index in [4.69, 9.17) is 9.47 Å². The van der Waals surface area contributed by atoms with Crippen molar-refractivity contribution in [2.75, 3.05) is 6.61 Å². The summed E-state index contributed by atoms with van der Waals surface area (Å²) in [6, 6.07) is 3.35. The SMILES string of the molecule is CCOC1CCC(C(F)(F)Oc2cc(F)c(C3=Cc4cc(F)c(F)cc4C3)c(F)c2)CC1. The van der Waals surface area contributed by atoms with Crippen molar-refractivity contribution in [1.29, 1.82) is 0 Å². The summed E-state index contributed by atoms with van der Waals surface area (Å²) in [5.74, 6) is -5.99. The average molecular weight is 456 g/mol. The molecule has 0 aromatic heterocycles. The maximum Gasteiger partial charge on any atom is 0.400 e. The van der Waals surface area contributed by atoms with E-state index in [-0.39, 0.29) is 30.9 Å². The summed E-state index contributed by atoms with van der Waals surface area (Å²) in [5, 5.41) is 0. The van der Waals surface area contributed by atoms with Crippen molar-refractivity contribution < 1.29 is 35.8 Å². The van der Waals surface area contributed by atoms with E-state index in [2.05, 4.69) is 0 Å². The molecule has 2 aliphatic rings. The Hall–Kier alpha value is -2.48. The van der Waals surface area contributed by atoms with Crippen molar-refractivity contribution in [3.8, 4) is 5.75 Å². The number of halogens is 6. The number of fused-ring (bicyclic) bond motifs is 1. The lowest BCUT2D eigenvalue weighted by Crippen LogP contribution is -2.38. The first-order valence-electron chi connectivity index (χ1n) is 10.5. The van der Waals surface area contributed by atoms with Crippen LogP contribution in [0.4, 0.5) is 26.3 Å². The number of ether oxygens (including phenoxy) is 2. The number of hydrogen-bond donors (Lipinski definition) is 0. The van der Waals surface area contributed by atoms with Gasteiger partial charge in [0.15, 0.2) is 11.6 Å². The van der Waals surface area contributed by atoms with Gasteiger partial charge >= 0.3 is 6.11 Å². The molecule has 0 bridgehead atoms. The molecule has 0 N–H and O–H groups in total. The van der Waals surface area contributed by atoms with Crippen molar-refractivity contribution in [3.63, 3.8) is 0 Å². The zero-order chi connectivity index (χ0) is 23.0. The molecule has 0 unspecified atom stereocenters. The van der Waals surface area contributed by atoms with E-state index in [0.29, 0.717) is 42.7 Å². The van der Waals surface area contributed by atoms with Crippen LogP contribution in [-0.2, 0) is 11.2 Å². The molecule has 2 aromatic carbocycles. The molecule has 2 aromatic rings. The average Bonchev–Trinajstić information content (AvgIpc) is 3.10. The maximum absolute atomic E-state index is 14.7. The second-order valence-corrected chi connectivity index (χ2v) is 8.17. The molecule has 0 amide bonds. The summed E-state index contributed by atoms with van der Waals surface area (Å²) in [4.78, 5) is 0. The van der Waals surface area contributed by atoms with Gasteiger partial charge in [0.1, 0.15) is 17.4 Å². The van der Waals surface area contributed by atoms with Crippen LogP contribution in [0.5, 0.6) is 5.75 Å². The fourth-order valence-electron chi connectivity index (χ4n) is 4.45. The predicted octanol–water partition coefficient (Wildman–Crippen LogP) is 6.91. The number of benzene rings is 2. The van der Waals surface area contributed by atoms with Gasteiger partial charge < -0.3 is 9.47 Å². The monoisotopic (exact) mass is 456 g/mol. The van der Waals surface area contributed by atoms with Crippen LogP contribution in [0, 0.1) is 29.2 Å². The minimum absolute atomic E-state index is 0.0141. The van der Waals surface area contributed by atoms with Gasteiger partial charge in [0.2, 0.25) is 0 Å². The van der Waals surface area contributed by atoms with Crippen LogP contribution in [0.1, 0.15) is 49.3 Å². The molecule has 0 aliphatic heterocycles.